The molecule has 0 spiro atoms. The number of hydrogen-bond donors (Lipinski definition) is 6. The van der Waals surface area contributed by atoms with Gasteiger partial charge in [-0.3, -0.25) is 0 Å². The summed E-state index contributed by atoms with van der Waals surface area (Å²) in [7, 11) is -22.6. The molecule has 0 aromatic heterocycles. The van der Waals surface area contributed by atoms with Crippen molar-refractivity contribution in [3.05, 3.63) is 0 Å². The minimum absolute atomic E-state index is 0. The van der Waals surface area contributed by atoms with E-state index >= 15 is 0 Å². The van der Waals surface area contributed by atoms with Gasteiger partial charge in [-0.05, 0) is 0 Å². The summed E-state index contributed by atoms with van der Waals surface area (Å²) in [5, 5.41) is 0. The standard InChI is InChI=1S/2Mn.H6O13P4/c;;1-14(2,3)11-16(7,8)13-17(9,10)12-15(4,5)6/h;;(H,7,8)(H,9,10)(H2,1,2,3)(H2,4,5,6). The fourth-order valence-corrected chi connectivity index (χ4v) is 4.40. The van der Waals surface area contributed by atoms with Crippen LogP contribution in [0.25, 0.3) is 0 Å². The fourth-order valence-electron chi connectivity index (χ4n) is 0.429. The topological polar surface area (TPSA) is 217 Å². The maximum absolute atomic E-state index is 10.7. The summed E-state index contributed by atoms with van der Waals surface area (Å²) >= 11 is 0. The van der Waals surface area contributed by atoms with Crippen LogP contribution in [0.5, 0.6) is 0 Å². The SMILES string of the molecule is O=P(O)(O)OP(=O)(O)OP(=O)(O)OP(=O)(O)O.[Mn].[Mn]. The van der Waals surface area contributed by atoms with Crippen LogP contribution in [0.2, 0.25) is 0 Å². The Balaban J connectivity index is -0.00000128. The quantitative estimate of drug-likeness (QED) is 0.222. The minimum Gasteiger partial charge on any atom is -0.302 e. The Bertz CT molecular complexity index is 411. The maximum atomic E-state index is 10.7. The molecule has 2 unspecified atom stereocenters. The molecule has 2 atom stereocenters. The van der Waals surface area contributed by atoms with E-state index in [2.05, 4.69) is 12.9 Å². The van der Waals surface area contributed by atoms with Gasteiger partial charge in [0.15, 0.2) is 0 Å². The number of rotatable bonds is 6. The Kier molecular flexibility index (Phi) is 11.1. The second-order valence-corrected chi connectivity index (χ2v) is 7.96. The van der Waals surface area contributed by atoms with E-state index in [0.29, 0.717) is 0 Å². The van der Waals surface area contributed by atoms with Crippen LogP contribution in [0.3, 0.4) is 0 Å². The van der Waals surface area contributed by atoms with Gasteiger partial charge in [-0.25, -0.2) is 18.3 Å². The van der Waals surface area contributed by atoms with Crippen LogP contribution in [-0.4, -0.2) is 29.4 Å². The summed E-state index contributed by atoms with van der Waals surface area (Å²) in [6, 6.07) is 0. The van der Waals surface area contributed by atoms with Crippen molar-refractivity contribution >= 4 is 31.3 Å². The molecule has 6 N–H and O–H groups in total. The molecule has 0 aliphatic heterocycles. The normalized spacial score (nSPS) is 18.4. The predicted molar refractivity (Wildman–Crippen MR) is 47.0 cm³/mol. The summed E-state index contributed by atoms with van der Waals surface area (Å²) < 4.78 is 50.9. The van der Waals surface area contributed by atoms with Crippen LogP contribution in [0.15, 0.2) is 0 Å². The van der Waals surface area contributed by atoms with Crippen molar-refractivity contribution in [2.24, 2.45) is 0 Å². The Hall–Kier alpha value is 1.60. The third kappa shape index (κ3) is 15.8. The molecule has 0 saturated carbocycles. The third-order valence-electron chi connectivity index (χ3n) is 0.625. The molecule has 0 bridgehead atoms. The zero-order valence-corrected chi connectivity index (χ0v) is 14.0. The van der Waals surface area contributed by atoms with Crippen LogP contribution in [0.4, 0.5) is 0 Å². The van der Waals surface area contributed by atoms with Gasteiger partial charge < -0.3 is 29.4 Å². The van der Waals surface area contributed by atoms with Gasteiger partial charge in [0.2, 0.25) is 0 Å². The van der Waals surface area contributed by atoms with Crippen LogP contribution >= 0.6 is 31.3 Å². The zero-order valence-electron chi connectivity index (χ0n) is 8.09. The Labute approximate surface area is 126 Å². The number of phosphoric acid groups is 4. The van der Waals surface area contributed by atoms with E-state index in [1.165, 1.54) is 0 Å². The third-order valence-corrected chi connectivity index (χ3v) is 5.63. The molecular weight excluding hydrogens is 442 g/mol. The molecule has 19 heavy (non-hydrogen) atoms. The summed E-state index contributed by atoms with van der Waals surface area (Å²) in [5.41, 5.74) is 0. The van der Waals surface area contributed by atoms with Crippen LogP contribution in [0.1, 0.15) is 0 Å². The number of hydrogen-bond acceptors (Lipinski definition) is 7. The average molecular weight is 448 g/mol. The van der Waals surface area contributed by atoms with E-state index in [0.717, 1.165) is 0 Å². The van der Waals surface area contributed by atoms with E-state index in [1.54, 1.807) is 0 Å². The summed E-state index contributed by atoms with van der Waals surface area (Å²) in [6.45, 7) is 0. The first-order chi connectivity index (χ1) is 7.12. The van der Waals surface area contributed by atoms with Gasteiger partial charge in [-0.2, -0.15) is 12.9 Å². The van der Waals surface area contributed by atoms with Gasteiger partial charge in [0.25, 0.3) is 0 Å². The second-order valence-electron chi connectivity index (χ2n) is 2.16. The molecule has 19 heteroatoms. The van der Waals surface area contributed by atoms with E-state index in [1.807, 2.05) is 0 Å². The first-order valence-corrected chi connectivity index (χ1v) is 9.08. The molecule has 0 heterocycles. The van der Waals surface area contributed by atoms with Crippen LogP contribution < -0.4 is 0 Å². The first kappa shape index (κ1) is 25.5. The van der Waals surface area contributed by atoms with Gasteiger partial charge in [0.05, 0.1) is 0 Å². The minimum atomic E-state index is -5.77. The van der Waals surface area contributed by atoms with Crippen molar-refractivity contribution < 1.29 is 94.7 Å². The molecule has 2 radical (unpaired) electrons. The van der Waals surface area contributed by atoms with Crippen molar-refractivity contribution in [1.29, 1.82) is 0 Å². The molecule has 0 fully saturated rings. The van der Waals surface area contributed by atoms with Gasteiger partial charge in [-0.1, -0.05) is 0 Å². The van der Waals surface area contributed by atoms with E-state index in [-0.39, 0.29) is 34.1 Å². The molecule has 0 saturated heterocycles. The summed E-state index contributed by atoms with van der Waals surface area (Å²) in [6.07, 6.45) is 0. The molecule has 13 nitrogen and oxygen atoms in total. The van der Waals surface area contributed by atoms with E-state index in [9.17, 15) is 18.3 Å². The predicted octanol–water partition coefficient (Wildman–Crippen LogP) is -0.583. The van der Waals surface area contributed by atoms with Gasteiger partial charge in [0, 0.05) is 34.1 Å². The molecule has 0 aliphatic carbocycles. The summed E-state index contributed by atoms with van der Waals surface area (Å²) in [5.74, 6) is 0. The Morgan fingerprint density at radius 3 is 0.895 bits per heavy atom. The fraction of sp³-hybridized carbons (Fsp3) is 0. The average Bonchev–Trinajstić information content (AvgIpc) is 1.65. The van der Waals surface area contributed by atoms with Crippen molar-refractivity contribution in [2.75, 3.05) is 0 Å². The van der Waals surface area contributed by atoms with Crippen molar-refractivity contribution in [2.45, 2.75) is 0 Å². The van der Waals surface area contributed by atoms with Gasteiger partial charge in [-0.15, -0.1) is 0 Å². The molecular formula is H6Mn2O13P4. The maximum Gasteiger partial charge on any atom is 0.490 e. The molecule has 0 rings (SSSR count). The zero-order chi connectivity index (χ0) is 14.1. The van der Waals surface area contributed by atoms with Crippen molar-refractivity contribution in [1.82, 2.24) is 0 Å². The van der Waals surface area contributed by atoms with Crippen LogP contribution in [-0.2, 0) is 65.3 Å². The molecule has 118 valence electrons. The molecule has 0 aliphatic rings. The first-order valence-electron chi connectivity index (χ1n) is 3.03. The molecule has 0 aromatic carbocycles. The summed E-state index contributed by atoms with van der Waals surface area (Å²) in [4.78, 5) is 49.4. The van der Waals surface area contributed by atoms with Gasteiger partial charge in [0.1, 0.15) is 0 Å². The van der Waals surface area contributed by atoms with Crippen molar-refractivity contribution in [3.63, 3.8) is 0 Å². The molecule has 0 amide bonds. The van der Waals surface area contributed by atoms with Crippen molar-refractivity contribution in [3.8, 4) is 0 Å². The largest absolute Gasteiger partial charge is 0.490 e. The second kappa shape index (κ2) is 8.29. The molecule has 0 aromatic rings. The monoisotopic (exact) mass is 448 g/mol. The Morgan fingerprint density at radius 2 is 0.737 bits per heavy atom. The Morgan fingerprint density at radius 1 is 0.526 bits per heavy atom. The van der Waals surface area contributed by atoms with Gasteiger partial charge >= 0.3 is 31.3 Å². The van der Waals surface area contributed by atoms with E-state index in [4.69, 9.17) is 29.4 Å². The van der Waals surface area contributed by atoms with E-state index < -0.39 is 31.3 Å². The van der Waals surface area contributed by atoms with Crippen LogP contribution in [0, 0.1) is 0 Å². The smallest absolute Gasteiger partial charge is 0.302 e.